The summed E-state index contributed by atoms with van der Waals surface area (Å²) in [4.78, 5) is 14.0. The Hall–Kier alpha value is -2.45. The van der Waals surface area contributed by atoms with E-state index < -0.39 is 10.0 Å². The van der Waals surface area contributed by atoms with Crippen LogP contribution in [0.15, 0.2) is 54.6 Å². The van der Waals surface area contributed by atoms with Gasteiger partial charge in [0.2, 0.25) is 10.0 Å². The Morgan fingerprint density at radius 3 is 2.34 bits per heavy atom. The Morgan fingerprint density at radius 1 is 1.03 bits per heavy atom. The molecule has 0 aliphatic carbocycles. The van der Waals surface area contributed by atoms with Crippen LogP contribution < -0.4 is 10.0 Å². The highest BCUT2D eigenvalue weighted by molar-refractivity contribution is 7.89. The molecule has 0 spiro atoms. The summed E-state index contributed by atoms with van der Waals surface area (Å²) in [7, 11) is -3.33. The van der Waals surface area contributed by atoms with Crippen molar-refractivity contribution in [3.8, 4) is 0 Å². The predicted octanol–water partition coefficient (Wildman–Crippen LogP) is 3.23. The number of sulfonamides is 1. The largest absolute Gasteiger partial charge is 0.325 e. The van der Waals surface area contributed by atoms with Gasteiger partial charge in [0.25, 0.3) is 0 Å². The van der Waals surface area contributed by atoms with Crippen LogP contribution in [0.25, 0.3) is 0 Å². The third-order valence-corrected chi connectivity index (χ3v) is 6.44. The Bertz CT molecular complexity index is 897. The molecule has 1 aliphatic heterocycles. The second-order valence-corrected chi connectivity index (χ2v) is 9.20. The van der Waals surface area contributed by atoms with Crippen LogP contribution in [0.3, 0.4) is 0 Å². The minimum atomic E-state index is -3.33. The summed E-state index contributed by atoms with van der Waals surface area (Å²) in [5.74, 6) is -0.0814. The zero-order chi connectivity index (χ0) is 20.7. The van der Waals surface area contributed by atoms with Crippen LogP contribution in [-0.4, -0.2) is 44.7 Å². The molecular formula is C21H26FN3O3S. The molecule has 29 heavy (non-hydrogen) atoms. The maximum Gasteiger partial charge on any atom is 0.321 e. The van der Waals surface area contributed by atoms with Gasteiger partial charge in [0, 0.05) is 25.3 Å². The molecule has 0 unspecified atom stereocenters. The van der Waals surface area contributed by atoms with Crippen molar-refractivity contribution in [1.29, 1.82) is 0 Å². The Labute approximate surface area is 171 Å². The van der Waals surface area contributed by atoms with Crippen LogP contribution in [0.5, 0.6) is 0 Å². The Morgan fingerprint density at radius 2 is 1.69 bits per heavy atom. The number of likely N-dealkylation sites (tertiary alicyclic amines) is 1. The molecule has 0 bridgehead atoms. The first-order valence-electron chi connectivity index (χ1n) is 9.74. The van der Waals surface area contributed by atoms with Gasteiger partial charge in [0.05, 0.1) is 5.75 Å². The van der Waals surface area contributed by atoms with E-state index in [4.69, 9.17) is 0 Å². The van der Waals surface area contributed by atoms with Gasteiger partial charge in [0.1, 0.15) is 5.82 Å². The Balaban J connectivity index is 1.39. The fraction of sp³-hybridized carbons (Fsp3) is 0.381. The number of amides is 2. The molecule has 156 valence electrons. The van der Waals surface area contributed by atoms with E-state index in [0.29, 0.717) is 31.7 Å². The van der Waals surface area contributed by atoms with Crippen LogP contribution >= 0.6 is 0 Å². The monoisotopic (exact) mass is 419 g/mol. The summed E-state index contributed by atoms with van der Waals surface area (Å²) in [6.45, 7) is 1.51. The quantitative estimate of drug-likeness (QED) is 0.723. The second-order valence-electron chi connectivity index (χ2n) is 7.27. The zero-order valence-corrected chi connectivity index (χ0v) is 17.0. The third kappa shape index (κ3) is 6.83. The number of carbonyl (C=O) groups excluding carboxylic acids is 1. The van der Waals surface area contributed by atoms with E-state index >= 15 is 0 Å². The molecule has 0 saturated carbocycles. The lowest BCUT2D eigenvalue weighted by Crippen LogP contribution is -2.43. The summed E-state index contributed by atoms with van der Waals surface area (Å²) < 4.78 is 40.1. The first-order valence-corrected chi connectivity index (χ1v) is 11.4. The highest BCUT2D eigenvalue weighted by Gasteiger charge is 2.24. The van der Waals surface area contributed by atoms with Gasteiger partial charge >= 0.3 is 6.03 Å². The van der Waals surface area contributed by atoms with Crippen LogP contribution in [0, 0.1) is 11.7 Å². The minimum absolute atomic E-state index is 0.0654. The van der Waals surface area contributed by atoms with Crippen molar-refractivity contribution in [1.82, 2.24) is 9.62 Å². The summed E-state index contributed by atoms with van der Waals surface area (Å²) in [5, 5.41) is 2.75. The molecule has 0 atom stereocenters. The molecule has 1 heterocycles. The maximum atomic E-state index is 12.9. The van der Waals surface area contributed by atoms with Gasteiger partial charge in [-0.25, -0.2) is 22.3 Å². The molecular weight excluding hydrogens is 393 g/mol. The van der Waals surface area contributed by atoms with E-state index in [1.54, 1.807) is 4.90 Å². The molecule has 1 fully saturated rings. The van der Waals surface area contributed by atoms with Crippen molar-refractivity contribution in [3.05, 3.63) is 66.0 Å². The number of urea groups is 1. The maximum absolute atomic E-state index is 12.9. The van der Waals surface area contributed by atoms with Gasteiger partial charge in [0.15, 0.2) is 0 Å². The molecule has 8 heteroatoms. The normalized spacial score (nSPS) is 15.3. The van der Waals surface area contributed by atoms with Crippen molar-refractivity contribution in [3.63, 3.8) is 0 Å². The van der Waals surface area contributed by atoms with E-state index in [1.165, 1.54) is 24.3 Å². The lowest BCUT2D eigenvalue weighted by atomic mass is 9.97. The standard InChI is InChI=1S/C21H26FN3O3S/c22-19-6-8-20(9-7-19)24-21(26)25-13-10-18(11-14-25)16-23-29(27,28)15-12-17-4-2-1-3-5-17/h1-9,18,23H,10-16H2,(H,24,26). The van der Waals surface area contributed by atoms with Crippen molar-refractivity contribution in [2.24, 2.45) is 5.92 Å². The van der Waals surface area contributed by atoms with Crippen molar-refractivity contribution in [2.45, 2.75) is 19.3 Å². The minimum Gasteiger partial charge on any atom is -0.325 e. The van der Waals surface area contributed by atoms with Gasteiger partial charge in [-0.3, -0.25) is 0 Å². The molecule has 6 nitrogen and oxygen atoms in total. The van der Waals surface area contributed by atoms with Gasteiger partial charge < -0.3 is 10.2 Å². The molecule has 0 radical (unpaired) electrons. The number of piperidine rings is 1. The van der Waals surface area contributed by atoms with Crippen LogP contribution in [0.1, 0.15) is 18.4 Å². The first kappa shape index (κ1) is 21.3. The lowest BCUT2D eigenvalue weighted by Gasteiger charge is -2.32. The number of rotatable bonds is 7. The molecule has 2 amide bonds. The van der Waals surface area contributed by atoms with E-state index in [-0.39, 0.29) is 23.5 Å². The number of benzene rings is 2. The summed E-state index contributed by atoms with van der Waals surface area (Å²) in [6, 6.07) is 14.9. The zero-order valence-electron chi connectivity index (χ0n) is 16.2. The van der Waals surface area contributed by atoms with Gasteiger partial charge in [-0.05, 0) is 55.0 Å². The fourth-order valence-corrected chi connectivity index (χ4v) is 4.43. The lowest BCUT2D eigenvalue weighted by molar-refractivity contribution is 0.183. The van der Waals surface area contributed by atoms with Crippen molar-refractivity contribution < 1.29 is 17.6 Å². The second kappa shape index (κ2) is 9.84. The summed E-state index contributed by atoms with van der Waals surface area (Å²) in [6.07, 6.45) is 1.95. The van der Waals surface area contributed by atoms with Crippen molar-refractivity contribution in [2.75, 3.05) is 30.7 Å². The molecule has 2 aromatic carbocycles. The predicted molar refractivity (Wildman–Crippen MR) is 112 cm³/mol. The number of nitrogens with one attached hydrogen (secondary N) is 2. The molecule has 2 aromatic rings. The van der Waals surface area contributed by atoms with Crippen LogP contribution in [0.2, 0.25) is 0 Å². The molecule has 3 rings (SSSR count). The highest BCUT2D eigenvalue weighted by Crippen LogP contribution is 2.18. The third-order valence-electron chi connectivity index (χ3n) is 5.09. The number of carbonyl (C=O) groups is 1. The number of hydrogen-bond donors (Lipinski definition) is 2. The molecule has 2 N–H and O–H groups in total. The number of aryl methyl sites for hydroxylation is 1. The average molecular weight is 420 g/mol. The van der Waals surface area contributed by atoms with E-state index in [9.17, 15) is 17.6 Å². The smallest absolute Gasteiger partial charge is 0.321 e. The number of anilines is 1. The van der Waals surface area contributed by atoms with E-state index in [1.807, 2.05) is 30.3 Å². The highest BCUT2D eigenvalue weighted by atomic mass is 32.2. The van der Waals surface area contributed by atoms with Crippen LogP contribution in [-0.2, 0) is 16.4 Å². The number of nitrogens with zero attached hydrogens (tertiary/aromatic N) is 1. The summed E-state index contributed by atoms with van der Waals surface area (Å²) in [5.41, 5.74) is 1.54. The molecule has 1 aliphatic rings. The van der Waals surface area contributed by atoms with Gasteiger partial charge in [-0.2, -0.15) is 0 Å². The Kier molecular flexibility index (Phi) is 7.22. The van der Waals surface area contributed by atoms with E-state index in [2.05, 4.69) is 10.0 Å². The van der Waals surface area contributed by atoms with Crippen LogP contribution in [0.4, 0.5) is 14.9 Å². The van der Waals surface area contributed by atoms with Crippen molar-refractivity contribution >= 4 is 21.7 Å². The molecule has 0 aromatic heterocycles. The SMILES string of the molecule is O=C(Nc1ccc(F)cc1)N1CCC(CNS(=O)(=O)CCc2ccccc2)CC1. The number of halogens is 1. The fourth-order valence-electron chi connectivity index (χ4n) is 3.29. The summed E-state index contributed by atoms with van der Waals surface area (Å²) >= 11 is 0. The molecule has 1 saturated heterocycles. The van der Waals surface area contributed by atoms with Gasteiger partial charge in [-0.1, -0.05) is 30.3 Å². The first-order chi connectivity index (χ1) is 13.9. The average Bonchev–Trinajstić information content (AvgIpc) is 2.74. The topological polar surface area (TPSA) is 78.5 Å². The van der Waals surface area contributed by atoms with E-state index in [0.717, 1.165) is 18.4 Å². The van der Waals surface area contributed by atoms with Gasteiger partial charge in [-0.15, -0.1) is 0 Å². The number of hydrogen-bond acceptors (Lipinski definition) is 3.